The molecule has 1 aromatic carbocycles. The van der Waals surface area contributed by atoms with E-state index in [9.17, 15) is 5.11 Å². The molecule has 0 aliphatic heterocycles. The summed E-state index contributed by atoms with van der Waals surface area (Å²) in [4.78, 5) is 0. The van der Waals surface area contributed by atoms with Gasteiger partial charge in [0.15, 0.2) is 0 Å². The quantitative estimate of drug-likeness (QED) is 0.890. The van der Waals surface area contributed by atoms with E-state index in [4.69, 9.17) is 5.26 Å². The molecular formula is C17H23NO. The second-order valence-corrected chi connectivity index (χ2v) is 5.90. The summed E-state index contributed by atoms with van der Waals surface area (Å²) >= 11 is 0. The molecule has 1 aromatic rings. The predicted octanol–water partition coefficient (Wildman–Crippen LogP) is 3.98. The zero-order valence-electron chi connectivity index (χ0n) is 11.9. The minimum Gasteiger partial charge on any atom is -0.385 e. The molecule has 2 rings (SSSR count). The highest BCUT2D eigenvalue weighted by Crippen LogP contribution is 2.43. The van der Waals surface area contributed by atoms with Gasteiger partial charge in [0.05, 0.1) is 17.2 Å². The fraction of sp³-hybridized carbons (Fsp3) is 0.588. The minimum absolute atomic E-state index is 0.333. The first-order valence-corrected chi connectivity index (χ1v) is 7.32. The van der Waals surface area contributed by atoms with E-state index in [0.29, 0.717) is 17.4 Å². The molecule has 0 radical (unpaired) electrons. The molecule has 1 aliphatic rings. The first-order valence-electron chi connectivity index (χ1n) is 7.32. The first kappa shape index (κ1) is 14.1. The van der Waals surface area contributed by atoms with Crippen LogP contribution in [0, 0.1) is 23.2 Å². The van der Waals surface area contributed by atoms with Crippen LogP contribution in [0.5, 0.6) is 0 Å². The molecule has 0 bridgehead atoms. The Morgan fingerprint density at radius 2 is 1.89 bits per heavy atom. The van der Waals surface area contributed by atoms with Crippen molar-refractivity contribution in [3.05, 3.63) is 35.4 Å². The number of hydrogen-bond donors (Lipinski definition) is 1. The van der Waals surface area contributed by atoms with Crippen molar-refractivity contribution in [1.29, 1.82) is 5.26 Å². The van der Waals surface area contributed by atoms with Crippen LogP contribution in [0.3, 0.4) is 0 Å². The fourth-order valence-corrected chi connectivity index (χ4v) is 3.53. The zero-order chi connectivity index (χ0) is 13.9. The van der Waals surface area contributed by atoms with Crippen LogP contribution in [0.25, 0.3) is 0 Å². The molecule has 2 heteroatoms. The standard InChI is InChI=1S/C17H23NO/c1-3-14-6-4-5-7-16(14)17(2,19)15-10-8-13(12-18)9-11-15/h8-11,14,16,19H,3-7H2,1-2H3. The van der Waals surface area contributed by atoms with Crippen molar-refractivity contribution >= 4 is 0 Å². The first-order chi connectivity index (χ1) is 9.09. The molecule has 0 aromatic heterocycles. The van der Waals surface area contributed by atoms with Gasteiger partial charge in [-0.15, -0.1) is 0 Å². The van der Waals surface area contributed by atoms with Crippen molar-refractivity contribution < 1.29 is 5.11 Å². The lowest BCUT2D eigenvalue weighted by atomic mass is 9.67. The average molecular weight is 257 g/mol. The third-order valence-electron chi connectivity index (χ3n) is 4.75. The van der Waals surface area contributed by atoms with Crippen LogP contribution >= 0.6 is 0 Å². The van der Waals surface area contributed by atoms with Gasteiger partial charge in [0.2, 0.25) is 0 Å². The normalized spacial score (nSPS) is 26.4. The summed E-state index contributed by atoms with van der Waals surface area (Å²) in [7, 11) is 0. The predicted molar refractivity (Wildman–Crippen MR) is 76.5 cm³/mol. The molecule has 2 nitrogen and oxygen atoms in total. The van der Waals surface area contributed by atoms with E-state index in [0.717, 1.165) is 18.4 Å². The van der Waals surface area contributed by atoms with Gasteiger partial charge in [-0.1, -0.05) is 44.7 Å². The fourth-order valence-electron chi connectivity index (χ4n) is 3.53. The lowest BCUT2D eigenvalue weighted by molar-refractivity contribution is -0.0489. The van der Waals surface area contributed by atoms with Crippen molar-refractivity contribution in [2.45, 2.75) is 51.6 Å². The van der Waals surface area contributed by atoms with Crippen molar-refractivity contribution in [1.82, 2.24) is 0 Å². The van der Waals surface area contributed by atoms with Crippen molar-refractivity contribution in [2.24, 2.45) is 11.8 Å². The topological polar surface area (TPSA) is 44.0 Å². The van der Waals surface area contributed by atoms with Gasteiger partial charge < -0.3 is 5.11 Å². The Bertz CT molecular complexity index is 455. The number of hydrogen-bond acceptors (Lipinski definition) is 2. The van der Waals surface area contributed by atoms with Gasteiger partial charge in [-0.3, -0.25) is 0 Å². The molecule has 0 spiro atoms. The van der Waals surface area contributed by atoms with E-state index in [1.54, 1.807) is 12.1 Å². The van der Waals surface area contributed by atoms with Crippen molar-refractivity contribution in [2.75, 3.05) is 0 Å². The van der Waals surface area contributed by atoms with Crippen LogP contribution in [0.4, 0.5) is 0 Å². The van der Waals surface area contributed by atoms with Gasteiger partial charge in [-0.2, -0.15) is 5.26 Å². The van der Waals surface area contributed by atoms with E-state index in [-0.39, 0.29) is 0 Å². The number of nitrogens with zero attached hydrogens (tertiary/aromatic N) is 1. The highest BCUT2D eigenvalue weighted by atomic mass is 16.3. The van der Waals surface area contributed by atoms with Crippen molar-refractivity contribution in [3.8, 4) is 6.07 Å². The minimum atomic E-state index is -0.783. The summed E-state index contributed by atoms with van der Waals surface area (Å²) in [6.45, 7) is 4.16. The third-order valence-corrected chi connectivity index (χ3v) is 4.75. The number of nitriles is 1. The Labute approximate surface area is 116 Å². The largest absolute Gasteiger partial charge is 0.385 e. The highest BCUT2D eigenvalue weighted by Gasteiger charge is 2.39. The van der Waals surface area contributed by atoms with Gasteiger partial charge in [0, 0.05) is 0 Å². The van der Waals surface area contributed by atoms with Gasteiger partial charge in [-0.25, -0.2) is 0 Å². The van der Waals surface area contributed by atoms with Crippen molar-refractivity contribution in [3.63, 3.8) is 0 Å². The summed E-state index contributed by atoms with van der Waals surface area (Å²) in [5, 5.41) is 19.8. The molecule has 1 aliphatic carbocycles. The van der Waals surface area contributed by atoms with E-state index in [1.807, 2.05) is 19.1 Å². The van der Waals surface area contributed by atoms with Gasteiger partial charge >= 0.3 is 0 Å². The van der Waals surface area contributed by atoms with Crippen LogP contribution in [0.1, 0.15) is 57.1 Å². The van der Waals surface area contributed by atoms with Gasteiger partial charge in [0.1, 0.15) is 0 Å². The number of rotatable bonds is 3. The molecule has 3 unspecified atom stereocenters. The van der Waals surface area contributed by atoms with E-state index in [1.165, 1.54) is 19.3 Å². The molecule has 0 saturated heterocycles. The Morgan fingerprint density at radius 3 is 2.47 bits per heavy atom. The van der Waals surface area contributed by atoms with Crippen LogP contribution in [-0.2, 0) is 5.60 Å². The molecule has 3 atom stereocenters. The van der Waals surface area contributed by atoms with E-state index in [2.05, 4.69) is 13.0 Å². The number of aliphatic hydroxyl groups is 1. The Hall–Kier alpha value is -1.33. The van der Waals surface area contributed by atoms with Crippen LogP contribution in [0.15, 0.2) is 24.3 Å². The highest BCUT2D eigenvalue weighted by molar-refractivity contribution is 5.34. The summed E-state index contributed by atoms with van der Waals surface area (Å²) < 4.78 is 0. The van der Waals surface area contributed by atoms with Crippen LogP contribution in [-0.4, -0.2) is 5.11 Å². The maximum atomic E-state index is 11.0. The van der Waals surface area contributed by atoms with E-state index < -0.39 is 5.60 Å². The molecule has 1 fully saturated rings. The molecule has 0 heterocycles. The zero-order valence-corrected chi connectivity index (χ0v) is 11.9. The summed E-state index contributed by atoms with van der Waals surface area (Å²) in [6, 6.07) is 9.53. The van der Waals surface area contributed by atoms with Crippen LogP contribution < -0.4 is 0 Å². The maximum Gasteiger partial charge on any atom is 0.0991 e. The monoisotopic (exact) mass is 257 g/mol. The lowest BCUT2D eigenvalue weighted by Crippen LogP contribution is -2.38. The van der Waals surface area contributed by atoms with Gasteiger partial charge in [0.25, 0.3) is 0 Å². The molecule has 19 heavy (non-hydrogen) atoms. The molecule has 1 saturated carbocycles. The Balaban J connectivity index is 2.26. The molecule has 0 amide bonds. The Kier molecular flexibility index (Phi) is 4.27. The molecule has 1 N–H and O–H groups in total. The maximum absolute atomic E-state index is 11.0. The summed E-state index contributed by atoms with van der Waals surface area (Å²) in [5.74, 6) is 0.943. The smallest absolute Gasteiger partial charge is 0.0991 e. The van der Waals surface area contributed by atoms with Crippen LogP contribution in [0.2, 0.25) is 0 Å². The molecule has 102 valence electrons. The summed E-state index contributed by atoms with van der Waals surface area (Å²) in [6.07, 6.45) is 5.97. The third kappa shape index (κ3) is 2.82. The van der Waals surface area contributed by atoms with E-state index >= 15 is 0 Å². The summed E-state index contributed by atoms with van der Waals surface area (Å²) in [5.41, 5.74) is 0.807. The molecular weight excluding hydrogens is 234 g/mol. The average Bonchev–Trinajstić information content (AvgIpc) is 2.47. The second kappa shape index (κ2) is 5.75. The van der Waals surface area contributed by atoms with Gasteiger partial charge in [-0.05, 0) is 42.9 Å². The number of benzene rings is 1. The lowest BCUT2D eigenvalue weighted by Gasteiger charge is -2.41. The Morgan fingerprint density at radius 1 is 1.26 bits per heavy atom. The SMILES string of the molecule is CCC1CCCCC1C(C)(O)c1ccc(C#N)cc1. The second-order valence-electron chi connectivity index (χ2n) is 5.90.